The van der Waals surface area contributed by atoms with Crippen LogP contribution < -0.4 is 15.5 Å². The second-order valence-corrected chi connectivity index (χ2v) is 6.31. The van der Waals surface area contributed by atoms with E-state index in [2.05, 4.69) is 26.9 Å². The van der Waals surface area contributed by atoms with Crippen LogP contribution in [0.3, 0.4) is 0 Å². The van der Waals surface area contributed by atoms with Crippen molar-refractivity contribution < 1.29 is 14.3 Å². The normalized spacial score (nSPS) is 18.4. The third kappa shape index (κ3) is 3.42. The summed E-state index contributed by atoms with van der Waals surface area (Å²) in [6, 6.07) is 10.0. The number of ether oxygens (including phenoxy) is 1. The highest BCUT2D eigenvalue weighted by Gasteiger charge is 2.25. The van der Waals surface area contributed by atoms with Crippen molar-refractivity contribution in [3.63, 3.8) is 0 Å². The number of benzene rings is 1. The molecule has 0 radical (unpaired) electrons. The number of amides is 2. The van der Waals surface area contributed by atoms with Crippen molar-refractivity contribution in [1.82, 2.24) is 15.7 Å². The highest BCUT2D eigenvalue weighted by atomic mass is 16.5. The Labute approximate surface area is 150 Å². The summed E-state index contributed by atoms with van der Waals surface area (Å²) in [5.41, 5.74) is 5.95. The van der Waals surface area contributed by atoms with Crippen LogP contribution in [-0.2, 0) is 16.0 Å². The molecule has 2 aliphatic rings. The molecule has 0 fully saturated rings. The lowest BCUT2D eigenvalue weighted by Gasteiger charge is -2.14. The first-order valence-corrected chi connectivity index (χ1v) is 8.52. The average Bonchev–Trinajstić information content (AvgIpc) is 3.09. The first-order chi connectivity index (χ1) is 12.7. The van der Waals surface area contributed by atoms with Gasteiger partial charge in [0, 0.05) is 37.2 Å². The van der Waals surface area contributed by atoms with Gasteiger partial charge in [0.1, 0.15) is 17.6 Å². The number of hydrazone groups is 1. The third-order valence-corrected chi connectivity index (χ3v) is 4.45. The summed E-state index contributed by atoms with van der Waals surface area (Å²) >= 11 is 0. The van der Waals surface area contributed by atoms with Gasteiger partial charge < -0.3 is 10.1 Å². The average molecular weight is 350 g/mol. The second kappa shape index (κ2) is 6.95. The number of fused-ring (bicyclic) bond motifs is 1. The number of nitrogens with one attached hydrogen (secondary N) is 2. The molecular weight excluding hydrogens is 332 g/mol. The Morgan fingerprint density at radius 2 is 2.19 bits per heavy atom. The van der Waals surface area contributed by atoms with Crippen LogP contribution in [0.4, 0.5) is 0 Å². The fourth-order valence-corrected chi connectivity index (χ4v) is 3.09. The van der Waals surface area contributed by atoms with Crippen LogP contribution in [0, 0.1) is 0 Å². The summed E-state index contributed by atoms with van der Waals surface area (Å²) in [4.78, 5) is 27.3. The summed E-state index contributed by atoms with van der Waals surface area (Å²) in [7, 11) is 0. The van der Waals surface area contributed by atoms with Crippen LogP contribution in [0.25, 0.3) is 11.1 Å². The van der Waals surface area contributed by atoms with Crippen LogP contribution >= 0.6 is 0 Å². The molecule has 1 atom stereocenters. The van der Waals surface area contributed by atoms with E-state index in [0.717, 1.165) is 28.9 Å². The van der Waals surface area contributed by atoms with Gasteiger partial charge in [0.05, 0.1) is 6.54 Å². The number of carbonyl (C=O) groups is 2. The Morgan fingerprint density at radius 3 is 2.96 bits per heavy atom. The molecule has 0 spiro atoms. The number of rotatable bonds is 4. The van der Waals surface area contributed by atoms with Crippen molar-refractivity contribution in [2.75, 3.05) is 6.54 Å². The zero-order chi connectivity index (χ0) is 17.9. The third-order valence-electron chi connectivity index (χ3n) is 4.45. The van der Waals surface area contributed by atoms with Gasteiger partial charge in [0.15, 0.2) is 0 Å². The monoisotopic (exact) mass is 350 g/mol. The molecule has 7 nitrogen and oxygen atoms in total. The van der Waals surface area contributed by atoms with E-state index in [9.17, 15) is 9.59 Å². The predicted octanol–water partition coefficient (Wildman–Crippen LogP) is 1.43. The van der Waals surface area contributed by atoms with Crippen LogP contribution in [0.5, 0.6) is 5.75 Å². The zero-order valence-electron chi connectivity index (χ0n) is 14.1. The van der Waals surface area contributed by atoms with E-state index in [4.69, 9.17) is 4.74 Å². The van der Waals surface area contributed by atoms with Crippen molar-refractivity contribution in [3.05, 3.63) is 48.3 Å². The van der Waals surface area contributed by atoms with Crippen molar-refractivity contribution in [2.45, 2.75) is 25.4 Å². The molecule has 0 aliphatic carbocycles. The van der Waals surface area contributed by atoms with E-state index < -0.39 is 0 Å². The molecule has 0 saturated carbocycles. The summed E-state index contributed by atoms with van der Waals surface area (Å²) in [6.07, 6.45) is 4.84. The number of pyridine rings is 1. The van der Waals surface area contributed by atoms with Gasteiger partial charge in [-0.25, -0.2) is 5.43 Å². The SMILES string of the molecule is O=C1CCC(C(=O)NCC2Cc3cc(-c4cccnc4)ccc3O2)=NN1. The Hall–Kier alpha value is -3.22. The minimum Gasteiger partial charge on any atom is -0.488 e. The van der Waals surface area contributed by atoms with Crippen LogP contribution in [0.2, 0.25) is 0 Å². The molecule has 1 aromatic heterocycles. The molecular formula is C19H18N4O3. The summed E-state index contributed by atoms with van der Waals surface area (Å²) in [5.74, 6) is 0.417. The highest BCUT2D eigenvalue weighted by molar-refractivity contribution is 6.39. The topological polar surface area (TPSA) is 92.7 Å². The number of carbonyl (C=O) groups excluding carboxylic acids is 2. The smallest absolute Gasteiger partial charge is 0.267 e. The lowest BCUT2D eigenvalue weighted by molar-refractivity contribution is -0.121. The fraction of sp³-hybridized carbons (Fsp3) is 0.263. The summed E-state index contributed by atoms with van der Waals surface area (Å²) in [5, 5.41) is 6.63. The molecule has 26 heavy (non-hydrogen) atoms. The van der Waals surface area contributed by atoms with Gasteiger partial charge >= 0.3 is 0 Å². The van der Waals surface area contributed by atoms with E-state index in [-0.39, 0.29) is 24.3 Å². The second-order valence-electron chi connectivity index (χ2n) is 6.31. The van der Waals surface area contributed by atoms with Gasteiger partial charge in [-0.15, -0.1) is 0 Å². The molecule has 1 unspecified atom stereocenters. The Bertz CT molecular complexity index is 880. The van der Waals surface area contributed by atoms with Crippen molar-refractivity contribution in [1.29, 1.82) is 0 Å². The molecule has 2 aromatic rings. The largest absolute Gasteiger partial charge is 0.488 e. The van der Waals surface area contributed by atoms with Crippen LogP contribution in [0.1, 0.15) is 18.4 Å². The van der Waals surface area contributed by atoms with Crippen molar-refractivity contribution in [2.24, 2.45) is 5.10 Å². The summed E-state index contributed by atoms with van der Waals surface area (Å²) < 4.78 is 5.91. The highest BCUT2D eigenvalue weighted by Crippen LogP contribution is 2.32. The minimum atomic E-state index is -0.263. The van der Waals surface area contributed by atoms with E-state index in [1.807, 2.05) is 30.5 Å². The van der Waals surface area contributed by atoms with E-state index in [1.165, 1.54) is 0 Å². The quantitative estimate of drug-likeness (QED) is 0.872. The maximum atomic E-state index is 12.1. The summed E-state index contributed by atoms with van der Waals surface area (Å²) in [6.45, 7) is 0.392. The van der Waals surface area contributed by atoms with Gasteiger partial charge in [-0.05, 0) is 29.3 Å². The Balaban J connectivity index is 1.37. The Morgan fingerprint density at radius 1 is 1.27 bits per heavy atom. The van der Waals surface area contributed by atoms with Gasteiger partial charge in [0.2, 0.25) is 5.91 Å². The maximum absolute atomic E-state index is 12.1. The molecule has 1 aromatic carbocycles. The Kier molecular flexibility index (Phi) is 4.35. The molecule has 0 bridgehead atoms. The fourth-order valence-electron chi connectivity index (χ4n) is 3.09. The number of aromatic nitrogens is 1. The first kappa shape index (κ1) is 16.3. The van der Waals surface area contributed by atoms with E-state index in [1.54, 1.807) is 6.20 Å². The molecule has 3 heterocycles. The van der Waals surface area contributed by atoms with E-state index >= 15 is 0 Å². The zero-order valence-corrected chi connectivity index (χ0v) is 14.1. The molecule has 4 rings (SSSR count). The molecule has 0 saturated heterocycles. The number of nitrogens with zero attached hydrogens (tertiary/aromatic N) is 2. The molecule has 2 N–H and O–H groups in total. The number of hydrogen-bond donors (Lipinski definition) is 2. The van der Waals surface area contributed by atoms with Gasteiger partial charge in [-0.1, -0.05) is 12.1 Å². The first-order valence-electron chi connectivity index (χ1n) is 8.52. The van der Waals surface area contributed by atoms with E-state index in [0.29, 0.717) is 18.7 Å². The maximum Gasteiger partial charge on any atom is 0.267 e. The lowest BCUT2D eigenvalue weighted by Crippen LogP contribution is -2.41. The minimum absolute atomic E-state index is 0.114. The van der Waals surface area contributed by atoms with Gasteiger partial charge in [-0.3, -0.25) is 14.6 Å². The van der Waals surface area contributed by atoms with Gasteiger partial charge in [0.25, 0.3) is 5.91 Å². The van der Waals surface area contributed by atoms with Crippen LogP contribution in [-0.4, -0.2) is 35.2 Å². The molecule has 2 amide bonds. The lowest BCUT2D eigenvalue weighted by atomic mass is 10.0. The molecule has 132 valence electrons. The predicted molar refractivity (Wildman–Crippen MR) is 95.6 cm³/mol. The van der Waals surface area contributed by atoms with Crippen molar-refractivity contribution >= 4 is 17.5 Å². The number of hydrogen-bond acceptors (Lipinski definition) is 5. The molecule has 2 aliphatic heterocycles. The van der Waals surface area contributed by atoms with Crippen molar-refractivity contribution in [3.8, 4) is 16.9 Å². The standard InChI is InChI=1S/C19H18N4O3/c24-18-6-4-16(22-23-18)19(25)21-11-15-9-14-8-12(3-5-17(14)26-15)13-2-1-7-20-10-13/h1-3,5,7-8,10,15H,4,6,9,11H2,(H,21,25)(H,23,24). The molecule has 7 heteroatoms. The van der Waals surface area contributed by atoms with Crippen LogP contribution in [0.15, 0.2) is 47.8 Å². The van der Waals surface area contributed by atoms with Gasteiger partial charge in [-0.2, -0.15) is 5.10 Å².